The summed E-state index contributed by atoms with van der Waals surface area (Å²) in [5, 5.41) is 0. The van der Waals surface area contributed by atoms with Crippen LogP contribution < -0.4 is 4.57 Å². The number of nitrogens with zero attached hydrogens (tertiary/aromatic N) is 1. The Balaban J connectivity index is 0.000000980. The second-order valence-corrected chi connectivity index (χ2v) is 4.87. The summed E-state index contributed by atoms with van der Waals surface area (Å²) in [5.74, 6) is 0. The van der Waals surface area contributed by atoms with Gasteiger partial charge in [-0.3, -0.25) is 0 Å². The predicted molar refractivity (Wildman–Crippen MR) is 67.2 cm³/mol. The molecule has 1 fully saturated rings. The Labute approximate surface area is 104 Å². The Morgan fingerprint density at radius 3 is 2.29 bits per heavy atom. The molecule has 0 spiro atoms. The van der Waals surface area contributed by atoms with Gasteiger partial charge in [-0.15, -0.1) is 17.0 Å². The first kappa shape index (κ1) is 12.2. The lowest BCUT2D eigenvalue weighted by Crippen LogP contribution is -2.44. The Kier molecular flexibility index (Phi) is 5.10. The first-order valence-corrected chi connectivity index (χ1v) is 5.89. The van der Waals surface area contributed by atoms with Gasteiger partial charge in [-0.2, -0.15) is 0 Å². The second-order valence-electron chi connectivity index (χ2n) is 3.69. The van der Waals surface area contributed by atoms with Gasteiger partial charge in [0.25, 0.3) is 0 Å². The molecule has 1 heterocycles. The summed E-state index contributed by atoms with van der Waals surface area (Å²) < 4.78 is 2.33. The van der Waals surface area contributed by atoms with E-state index < -0.39 is 0 Å². The third kappa shape index (κ3) is 2.80. The van der Waals surface area contributed by atoms with Gasteiger partial charge < -0.3 is 0 Å². The zero-order chi connectivity index (χ0) is 9.10. The van der Waals surface area contributed by atoms with Crippen LogP contribution >= 0.6 is 32.9 Å². The van der Waals surface area contributed by atoms with Crippen LogP contribution in [0.25, 0.3) is 0 Å². The average Bonchev–Trinajstić information content (AvgIpc) is 2.20. The normalized spacial score (nSPS) is 26.6. The van der Waals surface area contributed by atoms with Gasteiger partial charge in [0.15, 0.2) is 18.4 Å². The standard InChI is InChI=1S/C11H15BrN.BrH/c12-10-6-2-3-7-11(10)13-8-4-1-5-9-13;/h1,4-5,8-11H,2-3,6-7H2;1H/q+1;. The van der Waals surface area contributed by atoms with E-state index in [-0.39, 0.29) is 17.0 Å². The molecule has 3 heteroatoms. The minimum absolute atomic E-state index is 0. The number of halogens is 2. The quantitative estimate of drug-likeness (QED) is 0.551. The summed E-state index contributed by atoms with van der Waals surface area (Å²) >= 11 is 3.77. The third-order valence-corrected chi connectivity index (χ3v) is 3.84. The van der Waals surface area contributed by atoms with Gasteiger partial charge in [-0.1, -0.05) is 28.4 Å². The largest absolute Gasteiger partial charge is 0.201 e. The average molecular weight is 322 g/mol. The van der Waals surface area contributed by atoms with Crippen LogP contribution in [-0.2, 0) is 0 Å². The van der Waals surface area contributed by atoms with E-state index in [0.29, 0.717) is 10.9 Å². The first-order valence-electron chi connectivity index (χ1n) is 4.98. The fraction of sp³-hybridized carbons (Fsp3) is 0.545. The van der Waals surface area contributed by atoms with Crippen molar-refractivity contribution < 1.29 is 4.57 Å². The minimum atomic E-state index is 0. The zero-order valence-electron chi connectivity index (χ0n) is 8.10. The summed E-state index contributed by atoms with van der Waals surface area (Å²) in [7, 11) is 0. The van der Waals surface area contributed by atoms with Gasteiger partial charge in [0.05, 0.1) is 4.83 Å². The number of hydrogen-bond donors (Lipinski definition) is 0. The summed E-state index contributed by atoms with van der Waals surface area (Å²) in [6.45, 7) is 0. The van der Waals surface area contributed by atoms with Crippen molar-refractivity contribution in [3.8, 4) is 0 Å². The molecule has 1 aliphatic carbocycles. The maximum Gasteiger partial charge on any atom is 0.170 e. The van der Waals surface area contributed by atoms with Crippen LogP contribution in [0.15, 0.2) is 30.6 Å². The Hall–Kier alpha value is 0.110. The minimum Gasteiger partial charge on any atom is -0.201 e. The van der Waals surface area contributed by atoms with E-state index in [1.807, 2.05) is 0 Å². The molecular formula is C11H16Br2N+. The molecule has 0 aromatic carbocycles. The molecule has 14 heavy (non-hydrogen) atoms. The molecule has 0 bridgehead atoms. The van der Waals surface area contributed by atoms with Crippen molar-refractivity contribution in [2.24, 2.45) is 0 Å². The monoisotopic (exact) mass is 320 g/mol. The molecular weight excluding hydrogens is 306 g/mol. The van der Waals surface area contributed by atoms with Gasteiger partial charge in [0.2, 0.25) is 0 Å². The van der Waals surface area contributed by atoms with E-state index in [1.165, 1.54) is 25.7 Å². The van der Waals surface area contributed by atoms with Crippen molar-refractivity contribution in [1.29, 1.82) is 0 Å². The predicted octanol–water partition coefficient (Wildman–Crippen LogP) is 3.43. The molecule has 2 unspecified atom stereocenters. The summed E-state index contributed by atoms with van der Waals surface area (Å²) in [4.78, 5) is 0.661. The third-order valence-electron chi connectivity index (χ3n) is 2.77. The fourth-order valence-corrected chi connectivity index (χ4v) is 2.90. The van der Waals surface area contributed by atoms with Crippen molar-refractivity contribution in [1.82, 2.24) is 0 Å². The van der Waals surface area contributed by atoms with Gasteiger partial charge in [0.1, 0.15) is 0 Å². The molecule has 1 nitrogen and oxygen atoms in total. The molecule has 1 aromatic rings. The van der Waals surface area contributed by atoms with E-state index in [0.717, 1.165) is 0 Å². The van der Waals surface area contributed by atoms with E-state index in [1.54, 1.807) is 0 Å². The van der Waals surface area contributed by atoms with Crippen molar-refractivity contribution in [3.05, 3.63) is 30.6 Å². The van der Waals surface area contributed by atoms with Crippen LogP contribution in [-0.4, -0.2) is 4.83 Å². The highest BCUT2D eigenvalue weighted by molar-refractivity contribution is 9.09. The highest BCUT2D eigenvalue weighted by Crippen LogP contribution is 2.29. The van der Waals surface area contributed by atoms with E-state index in [9.17, 15) is 0 Å². The van der Waals surface area contributed by atoms with Gasteiger partial charge in [0, 0.05) is 18.6 Å². The number of aromatic nitrogens is 1. The summed E-state index contributed by atoms with van der Waals surface area (Å²) in [5.41, 5.74) is 0. The van der Waals surface area contributed by atoms with E-state index >= 15 is 0 Å². The van der Waals surface area contributed by atoms with Crippen LogP contribution in [0, 0.1) is 0 Å². The number of pyridine rings is 1. The molecule has 0 radical (unpaired) electrons. The Bertz CT molecular complexity index is 263. The maximum absolute atomic E-state index is 3.77. The van der Waals surface area contributed by atoms with Gasteiger partial charge >= 0.3 is 0 Å². The lowest BCUT2D eigenvalue weighted by molar-refractivity contribution is -0.724. The zero-order valence-corrected chi connectivity index (χ0v) is 11.4. The second kappa shape index (κ2) is 5.86. The van der Waals surface area contributed by atoms with E-state index in [2.05, 4.69) is 51.1 Å². The highest BCUT2D eigenvalue weighted by atomic mass is 79.9. The number of rotatable bonds is 1. The summed E-state index contributed by atoms with van der Waals surface area (Å²) in [6, 6.07) is 6.94. The van der Waals surface area contributed by atoms with Crippen LogP contribution in [0.5, 0.6) is 0 Å². The molecule has 0 amide bonds. The molecule has 2 atom stereocenters. The Morgan fingerprint density at radius 1 is 1.00 bits per heavy atom. The van der Waals surface area contributed by atoms with Crippen LogP contribution in [0.2, 0.25) is 0 Å². The lowest BCUT2D eigenvalue weighted by Gasteiger charge is -2.22. The maximum atomic E-state index is 3.77. The van der Waals surface area contributed by atoms with Crippen molar-refractivity contribution in [3.63, 3.8) is 0 Å². The highest BCUT2D eigenvalue weighted by Gasteiger charge is 2.29. The van der Waals surface area contributed by atoms with Crippen molar-refractivity contribution in [2.45, 2.75) is 36.6 Å². The molecule has 0 N–H and O–H groups in total. The molecule has 78 valence electrons. The number of hydrogen-bond acceptors (Lipinski definition) is 0. The fourth-order valence-electron chi connectivity index (χ4n) is 2.03. The smallest absolute Gasteiger partial charge is 0.170 e. The van der Waals surface area contributed by atoms with Crippen LogP contribution in [0.3, 0.4) is 0 Å². The molecule has 1 aromatic heterocycles. The van der Waals surface area contributed by atoms with E-state index in [4.69, 9.17) is 0 Å². The van der Waals surface area contributed by atoms with Crippen molar-refractivity contribution >= 4 is 32.9 Å². The molecule has 1 saturated carbocycles. The van der Waals surface area contributed by atoms with Crippen molar-refractivity contribution in [2.75, 3.05) is 0 Å². The molecule has 0 saturated heterocycles. The summed E-state index contributed by atoms with van der Waals surface area (Å²) in [6.07, 6.45) is 9.71. The van der Waals surface area contributed by atoms with Gasteiger partial charge in [-0.25, -0.2) is 4.57 Å². The first-order chi connectivity index (χ1) is 6.38. The van der Waals surface area contributed by atoms with Crippen LogP contribution in [0.4, 0.5) is 0 Å². The molecule has 1 aliphatic rings. The Morgan fingerprint density at radius 2 is 1.64 bits per heavy atom. The topological polar surface area (TPSA) is 3.88 Å². The number of alkyl halides is 1. The van der Waals surface area contributed by atoms with Crippen LogP contribution in [0.1, 0.15) is 31.7 Å². The van der Waals surface area contributed by atoms with Gasteiger partial charge in [-0.05, 0) is 12.8 Å². The lowest BCUT2D eigenvalue weighted by atomic mass is 9.95. The molecule has 2 rings (SSSR count). The molecule has 0 aliphatic heterocycles. The SMILES string of the molecule is Br.BrC1CCCCC1[n+]1ccccc1.